The zero-order chi connectivity index (χ0) is 19.3. The fraction of sp³-hybridized carbons (Fsp3) is 0.273. The highest BCUT2D eigenvalue weighted by atomic mass is 79.9. The number of aromatic amines is 1. The number of para-hydroxylation sites is 2. The van der Waals surface area contributed by atoms with Gasteiger partial charge < -0.3 is 14.5 Å². The van der Waals surface area contributed by atoms with E-state index in [1.54, 1.807) is 0 Å². The highest BCUT2D eigenvalue weighted by Gasteiger charge is 2.30. The van der Waals surface area contributed by atoms with E-state index in [1.807, 2.05) is 35.2 Å². The second kappa shape index (κ2) is 6.78. The smallest absolute Gasteiger partial charge is 0.270 e. The van der Waals surface area contributed by atoms with Crippen LogP contribution < -0.4 is 0 Å². The Bertz CT molecular complexity index is 1190. The monoisotopic (exact) mass is 436 g/mol. The third-order valence-electron chi connectivity index (χ3n) is 5.61. The molecule has 1 aliphatic heterocycles. The van der Waals surface area contributed by atoms with Gasteiger partial charge in [0, 0.05) is 34.9 Å². The van der Waals surface area contributed by atoms with Gasteiger partial charge in [0.1, 0.15) is 11.5 Å². The van der Waals surface area contributed by atoms with Crippen molar-refractivity contribution in [2.75, 3.05) is 13.1 Å². The van der Waals surface area contributed by atoms with Crippen molar-refractivity contribution < 1.29 is 4.79 Å². The largest absolute Gasteiger partial charge is 0.351 e. The third kappa shape index (κ3) is 2.83. The van der Waals surface area contributed by atoms with Crippen molar-refractivity contribution in [1.29, 1.82) is 0 Å². The summed E-state index contributed by atoms with van der Waals surface area (Å²) in [5.74, 6) is 1.16. The van der Waals surface area contributed by atoms with E-state index < -0.39 is 0 Å². The first-order valence-corrected chi connectivity index (χ1v) is 10.5. The van der Waals surface area contributed by atoms with E-state index in [9.17, 15) is 4.79 Å². The number of hydrogen-bond acceptors (Lipinski definition) is 2. The Morgan fingerprint density at radius 3 is 2.96 bits per heavy atom. The van der Waals surface area contributed by atoms with Gasteiger partial charge >= 0.3 is 0 Å². The molecular weight excluding hydrogens is 416 g/mol. The van der Waals surface area contributed by atoms with Crippen LogP contribution in [0.4, 0.5) is 0 Å². The first kappa shape index (κ1) is 17.5. The normalized spacial score (nSPS) is 17.1. The molecule has 0 aliphatic carbocycles. The quantitative estimate of drug-likeness (QED) is 0.494. The fourth-order valence-electron chi connectivity index (χ4n) is 4.28. The molecule has 28 heavy (non-hydrogen) atoms. The number of aryl methyl sites for hydroxylation is 1. The van der Waals surface area contributed by atoms with Gasteiger partial charge in [-0.25, -0.2) is 4.98 Å². The molecular formula is C22H21BrN4O. The number of fused-ring (bicyclic) bond motifs is 2. The molecule has 0 spiro atoms. The molecule has 1 amide bonds. The van der Waals surface area contributed by atoms with Crippen molar-refractivity contribution in [2.45, 2.75) is 25.8 Å². The van der Waals surface area contributed by atoms with Gasteiger partial charge in [-0.3, -0.25) is 4.79 Å². The Morgan fingerprint density at radius 2 is 2.11 bits per heavy atom. The molecule has 2 aromatic heterocycles. The standard InChI is InChI=1S/C22H21BrN4O/c1-2-21-25-18-5-3-4-6-20(18)27(21)16-9-10-26(13-16)22(28)19-12-14-11-15(23)7-8-17(14)24-19/h3-8,11-12,16,24H,2,9-10,13H2,1H3/t16-/m1/s1. The van der Waals surface area contributed by atoms with Crippen LogP contribution in [0.2, 0.25) is 0 Å². The number of benzene rings is 2. The van der Waals surface area contributed by atoms with Crippen LogP contribution in [0.15, 0.2) is 53.0 Å². The van der Waals surface area contributed by atoms with E-state index in [1.165, 1.54) is 0 Å². The molecule has 0 radical (unpaired) electrons. The van der Waals surface area contributed by atoms with Crippen molar-refractivity contribution in [1.82, 2.24) is 19.4 Å². The molecule has 1 N–H and O–H groups in total. The predicted octanol–water partition coefficient (Wildman–Crippen LogP) is 4.93. The molecule has 6 heteroatoms. The molecule has 142 valence electrons. The predicted molar refractivity (Wildman–Crippen MR) is 115 cm³/mol. The third-order valence-corrected chi connectivity index (χ3v) is 6.11. The molecule has 0 saturated carbocycles. The summed E-state index contributed by atoms with van der Waals surface area (Å²) in [7, 11) is 0. The number of likely N-dealkylation sites (tertiary alicyclic amines) is 1. The molecule has 1 atom stereocenters. The summed E-state index contributed by atoms with van der Waals surface area (Å²) >= 11 is 3.49. The first-order chi connectivity index (χ1) is 13.6. The lowest BCUT2D eigenvalue weighted by Gasteiger charge is -2.18. The molecule has 5 nitrogen and oxygen atoms in total. The van der Waals surface area contributed by atoms with Crippen LogP contribution in [-0.2, 0) is 6.42 Å². The number of halogens is 1. The summed E-state index contributed by atoms with van der Waals surface area (Å²) in [5.41, 5.74) is 3.83. The van der Waals surface area contributed by atoms with Gasteiger partial charge in [-0.2, -0.15) is 0 Å². The first-order valence-electron chi connectivity index (χ1n) is 9.67. The van der Waals surface area contributed by atoms with Crippen molar-refractivity contribution in [3.8, 4) is 0 Å². The summed E-state index contributed by atoms with van der Waals surface area (Å²) in [4.78, 5) is 23.1. The van der Waals surface area contributed by atoms with Crippen molar-refractivity contribution in [3.63, 3.8) is 0 Å². The van der Waals surface area contributed by atoms with Crippen molar-refractivity contribution in [2.24, 2.45) is 0 Å². The van der Waals surface area contributed by atoms with E-state index in [-0.39, 0.29) is 11.9 Å². The minimum Gasteiger partial charge on any atom is -0.351 e. The van der Waals surface area contributed by atoms with Crippen LogP contribution in [0.5, 0.6) is 0 Å². The fourth-order valence-corrected chi connectivity index (χ4v) is 4.66. The van der Waals surface area contributed by atoms with Gasteiger partial charge in [-0.15, -0.1) is 0 Å². The maximum atomic E-state index is 13.1. The van der Waals surface area contributed by atoms with Crippen molar-refractivity contribution in [3.05, 3.63) is 64.5 Å². The van der Waals surface area contributed by atoms with E-state index >= 15 is 0 Å². The summed E-state index contributed by atoms with van der Waals surface area (Å²) in [5, 5.41) is 1.04. The van der Waals surface area contributed by atoms with E-state index in [0.29, 0.717) is 12.2 Å². The molecule has 0 unspecified atom stereocenters. The van der Waals surface area contributed by atoms with Crippen LogP contribution in [0.25, 0.3) is 21.9 Å². The lowest BCUT2D eigenvalue weighted by Crippen LogP contribution is -2.29. The number of imidazole rings is 1. The summed E-state index contributed by atoms with van der Waals surface area (Å²) in [6.45, 7) is 3.61. The molecule has 5 rings (SSSR count). The van der Waals surface area contributed by atoms with E-state index in [4.69, 9.17) is 4.98 Å². The lowest BCUT2D eigenvalue weighted by atomic mass is 10.2. The number of carbonyl (C=O) groups excluding carboxylic acids is 1. The average Bonchev–Trinajstić information content (AvgIpc) is 3.42. The Morgan fingerprint density at radius 1 is 1.25 bits per heavy atom. The number of nitrogens with zero attached hydrogens (tertiary/aromatic N) is 3. The van der Waals surface area contributed by atoms with Crippen LogP contribution in [-0.4, -0.2) is 38.4 Å². The Labute approximate surface area is 171 Å². The number of H-pyrrole nitrogens is 1. The number of amides is 1. The number of hydrogen-bond donors (Lipinski definition) is 1. The Balaban J connectivity index is 1.43. The van der Waals surface area contributed by atoms with Gasteiger partial charge in [0.15, 0.2) is 0 Å². The van der Waals surface area contributed by atoms with E-state index in [0.717, 1.165) is 51.6 Å². The molecule has 3 heterocycles. The van der Waals surface area contributed by atoms with Gasteiger partial charge in [-0.1, -0.05) is 35.0 Å². The van der Waals surface area contributed by atoms with Crippen LogP contribution >= 0.6 is 15.9 Å². The average molecular weight is 437 g/mol. The molecule has 1 aliphatic rings. The topological polar surface area (TPSA) is 53.9 Å². The molecule has 2 aromatic carbocycles. The Kier molecular flexibility index (Phi) is 4.23. The van der Waals surface area contributed by atoms with Gasteiger partial charge in [-0.05, 0) is 42.8 Å². The van der Waals surface area contributed by atoms with Gasteiger partial charge in [0.2, 0.25) is 0 Å². The highest BCUT2D eigenvalue weighted by molar-refractivity contribution is 9.10. The number of rotatable bonds is 3. The zero-order valence-corrected chi connectivity index (χ0v) is 17.2. The van der Waals surface area contributed by atoms with Crippen molar-refractivity contribution >= 4 is 43.8 Å². The molecule has 0 bridgehead atoms. The second-order valence-electron chi connectivity index (χ2n) is 7.35. The maximum absolute atomic E-state index is 13.1. The number of aromatic nitrogens is 3. The summed E-state index contributed by atoms with van der Waals surface area (Å²) in [6.07, 6.45) is 1.83. The van der Waals surface area contributed by atoms with Gasteiger partial charge in [0.05, 0.1) is 17.1 Å². The molecule has 1 fully saturated rings. The highest BCUT2D eigenvalue weighted by Crippen LogP contribution is 2.30. The van der Waals surface area contributed by atoms with Crippen LogP contribution in [0.3, 0.4) is 0 Å². The Hall–Kier alpha value is -2.60. The number of nitrogens with one attached hydrogen (secondary N) is 1. The summed E-state index contributed by atoms with van der Waals surface area (Å²) in [6, 6.07) is 16.5. The minimum atomic E-state index is 0.0669. The lowest BCUT2D eigenvalue weighted by molar-refractivity contribution is 0.0783. The molecule has 4 aromatic rings. The zero-order valence-electron chi connectivity index (χ0n) is 15.7. The SMILES string of the molecule is CCc1nc2ccccc2n1[C@@H]1CCN(C(=O)c2cc3cc(Br)ccc3[nH]2)C1. The van der Waals surface area contributed by atoms with Gasteiger partial charge in [0.25, 0.3) is 5.91 Å². The van der Waals surface area contributed by atoms with Crippen LogP contribution in [0.1, 0.15) is 35.7 Å². The number of carbonyl (C=O) groups is 1. The molecule has 1 saturated heterocycles. The summed E-state index contributed by atoms with van der Waals surface area (Å²) < 4.78 is 3.35. The van der Waals surface area contributed by atoms with Crippen LogP contribution in [0, 0.1) is 0 Å². The maximum Gasteiger partial charge on any atom is 0.270 e. The minimum absolute atomic E-state index is 0.0669. The van der Waals surface area contributed by atoms with E-state index in [2.05, 4.69) is 50.6 Å². The second-order valence-corrected chi connectivity index (χ2v) is 8.26.